The van der Waals surface area contributed by atoms with E-state index in [1.807, 2.05) is 6.92 Å². The van der Waals surface area contributed by atoms with Gasteiger partial charge in [-0.2, -0.15) is 0 Å². The van der Waals surface area contributed by atoms with Crippen LogP contribution in [-0.2, 0) is 0 Å². The maximum Gasteiger partial charge on any atom is 0.139 e. The minimum atomic E-state index is -0.306. The molecule has 2 nitrogen and oxygen atoms in total. The first-order valence-corrected chi connectivity index (χ1v) is 7.86. The summed E-state index contributed by atoms with van der Waals surface area (Å²) in [5.74, 6) is 0.473. The van der Waals surface area contributed by atoms with E-state index in [-0.39, 0.29) is 22.7 Å². The number of benzene rings is 1. The van der Waals surface area contributed by atoms with Crippen LogP contribution in [0.4, 0.5) is 4.39 Å². The number of hydrogen-bond donors (Lipinski definition) is 0. The largest absolute Gasteiger partial charge is 0.323 e. The van der Waals surface area contributed by atoms with Crippen molar-refractivity contribution in [1.29, 1.82) is 0 Å². The summed E-state index contributed by atoms with van der Waals surface area (Å²) in [6.07, 6.45) is 0. The van der Waals surface area contributed by atoms with E-state index in [0.29, 0.717) is 9.99 Å². The number of halogens is 3. The highest BCUT2D eigenvalue weighted by Crippen LogP contribution is 2.37. The molecule has 1 aromatic carbocycles. The van der Waals surface area contributed by atoms with Gasteiger partial charge in [-0.25, -0.2) is 9.37 Å². The highest BCUT2D eigenvalue weighted by atomic mass is 79.9. The Morgan fingerprint density at radius 1 is 1.30 bits per heavy atom. The van der Waals surface area contributed by atoms with Gasteiger partial charge in [0, 0.05) is 12.1 Å². The lowest BCUT2D eigenvalue weighted by atomic mass is 9.87. The van der Waals surface area contributed by atoms with Gasteiger partial charge in [-0.15, -0.1) is 11.6 Å². The van der Waals surface area contributed by atoms with Crippen molar-refractivity contribution in [2.75, 3.05) is 0 Å². The smallest absolute Gasteiger partial charge is 0.139 e. The molecule has 0 amide bonds. The molecule has 0 spiro atoms. The third-order valence-electron chi connectivity index (χ3n) is 3.76. The standard InChI is InChI=1S/C15H19BrClFN2/c1-8(17)14-19-12-7-11(18)10(16)6-13(12)20(14)9(2)15(3,4)5/h6-9H,1-5H3. The van der Waals surface area contributed by atoms with Crippen molar-refractivity contribution in [1.82, 2.24) is 9.55 Å². The second-order valence-electron chi connectivity index (χ2n) is 6.25. The SMILES string of the molecule is CC(Cl)c1nc2cc(F)c(Br)cc2n1C(C)C(C)(C)C. The Hall–Kier alpha value is -0.610. The molecule has 1 heterocycles. The molecule has 2 rings (SSSR count). The van der Waals surface area contributed by atoms with E-state index in [1.54, 1.807) is 6.07 Å². The first kappa shape index (κ1) is 15.8. The summed E-state index contributed by atoms with van der Waals surface area (Å²) < 4.78 is 16.3. The summed E-state index contributed by atoms with van der Waals surface area (Å²) in [6.45, 7) is 10.5. The molecule has 0 radical (unpaired) electrons. The van der Waals surface area contributed by atoms with Crippen LogP contribution in [0.3, 0.4) is 0 Å². The Morgan fingerprint density at radius 3 is 2.40 bits per heavy atom. The predicted octanol–water partition coefficient (Wildman–Crippen LogP) is 5.84. The lowest BCUT2D eigenvalue weighted by molar-refractivity contribution is 0.262. The van der Waals surface area contributed by atoms with Crippen LogP contribution < -0.4 is 0 Å². The third-order valence-corrected chi connectivity index (χ3v) is 4.56. The van der Waals surface area contributed by atoms with E-state index in [0.717, 1.165) is 11.3 Å². The molecule has 0 aliphatic carbocycles. The van der Waals surface area contributed by atoms with Gasteiger partial charge in [0.15, 0.2) is 0 Å². The van der Waals surface area contributed by atoms with Crippen LogP contribution in [0.2, 0.25) is 0 Å². The summed E-state index contributed by atoms with van der Waals surface area (Å²) in [7, 11) is 0. The Morgan fingerprint density at radius 2 is 1.90 bits per heavy atom. The van der Waals surface area contributed by atoms with E-state index in [1.165, 1.54) is 6.07 Å². The first-order chi connectivity index (χ1) is 9.12. The average Bonchev–Trinajstić information content (AvgIpc) is 2.66. The Balaban J connectivity index is 2.78. The van der Waals surface area contributed by atoms with Crippen LogP contribution in [0.1, 0.15) is 51.9 Å². The van der Waals surface area contributed by atoms with Crippen molar-refractivity contribution in [2.45, 2.75) is 46.0 Å². The molecule has 0 saturated carbocycles. The van der Waals surface area contributed by atoms with E-state index in [9.17, 15) is 4.39 Å². The quantitative estimate of drug-likeness (QED) is 0.614. The second-order valence-corrected chi connectivity index (χ2v) is 7.76. The Labute approximate surface area is 132 Å². The molecule has 0 saturated heterocycles. The Bertz CT molecular complexity index is 643. The van der Waals surface area contributed by atoms with Crippen LogP contribution in [-0.4, -0.2) is 9.55 Å². The van der Waals surface area contributed by atoms with Crippen molar-refractivity contribution in [3.05, 3.63) is 28.2 Å². The number of aromatic nitrogens is 2. The van der Waals surface area contributed by atoms with Crippen molar-refractivity contribution in [3.8, 4) is 0 Å². The lowest BCUT2D eigenvalue weighted by Crippen LogP contribution is -2.23. The number of nitrogens with zero attached hydrogens (tertiary/aromatic N) is 2. The summed E-state index contributed by atoms with van der Waals surface area (Å²) >= 11 is 9.51. The van der Waals surface area contributed by atoms with Crippen LogP contribution in [0.5, 0.6) is 0 Å². The van der Waals surface area contributed by atoms with Gasteiger partial charge >= 0.3 is 0 Å². The van der Waals surface area contributed by atoms with E-state index < -0.39 is 0 Å². The van der Waals surface area contributed by atoms with Gasteiger partial charge in [-0.1, -0.05) is 20.8 Å². The van der Waals surface area contributed by atoms with Gasteiger partial charge in [0.2, 0.25) is 0 Å². The summed E-state index contributed by atoms with van der Waals surface area (Å²) in [5, 5.41) is -0.228. The zero-order valence-corrected chi connectivity index (χ0v) is 14.7. The molecule has 2 unspecified atom stereocenters. The normalized spacial score (nSPS) is 15.6. The van der Waals surface area contributed by atoms with Gasteiger partial charge in [0.25, 0.3) is 0 Å². The second kappa shape index (κ2) is 5.30. The first-order valence-electron chi connectivity index (χ1n) is 6.64. The van der Waals surface area contributed by atoms with Gasteiger partial charge in [0.05, 0.1) is 20.9 Å². The van der Waals surface area contributed by atoms with E-state index in [2.05, 4.69) is 53.2 Å². The van der Waals surface area contributed by atoms with Gasteiger partial charge in [-0.05, 0) is 41.3 Å². The number of fused-ring (bicyclic) bond motifs is 1. The lowest BCUT2D eigenvalue weighted by Gasteiger charge is -2.31. The van der Waals surface area contributed by atoms with Crippen LogP contribution >= 0.6 is 27.5 Å². The zero-order valence-electron chi connectivity index (χ0n) is 12.3. The van der Waals surface area contributed by atoms with Gasteiger partial charge in [0.1, 0.15) is 11.6 Å². The van der Waals surface area contributed by atoms with Crippen LogP contribution in [0.25, 0.3) is 11.0 Å². The molecule has 2 aromatic rings. The fourth-order valence-corrected chi connectivity index (χ4v) is 2.67. The Kier molecular flexibility index (Phi) is 4.18. The molecule has 2 atom stereocenters. The van der Waals surface area contributed by atoms with Crippen molar-refractivity contribution in [2.24, 2.45) is 5.41 Å². The molecule has 0 fully saturated rings. The zero-order chi connectivity index (χ0) is 15.2. The highest BCUT2D eigenvalue weighted by Gasteiger charge is 2.27. The highest BCUT2D eigenvalue weighted by molar-refractivity contribution is 9.10. The average molecular weight is 362 g/mol. The molecule has 0 aliphatic rings. The van der Waals surface area contributed by atoms with Crippen molar-refractivity contribution in [3.63, 3.8) is 0 Å². The number of alkyl halides is 1. The third kappa shape index (κ3) is 2.73. The van der Waals surface area contributed by atoms with Crippen molar-refractivity contribution < 1.29 is 4.39 Å². The van der Waals surface area contributed by atoms with E-state index in [4.69, 9.17) is 11.6 Å². The molecular weight excluding hydrogens is 343 g/mol. The van der Waals surface area contributed by atoms with E-state index >= 15 is 0 Å². The fourth-order valence-electron chi connectivity index (χ4n) is 2.18. The molecular formula is C15H19BrClFN2. The molecule has 0 bridgehead atoms. The maximum atomic E-state index is 13.7. The number of hydrogen-bond acceptors (Lipinski definition) is 1. The molecule has 110 valence electrons. The van der Waals surface area contributed by atoms with Crippen molar-refractivity contribution >= 4 is 38.6 Å². The predicted molar refractivity (Wildman–Crippen MR) is 85.8 cm³/mol. The molecule has 20 heavy (non-hydrogen) atoms. The molecule has 0 aliphatic heterocycles. The number of rotatable bonds is 2. The topological polar surface area (TPSA) is 17.8 Å². The maximum absolute atomic E-state index is 13.7. The van der Waals surface area contributed by atoms with Crippen LogP contribution in [0.15, 0.2) is 16.6 Å². The molecule has 0 N–H and O–H groups in total. The fraction of sp³-hybridized carbons (Fsp3) is 0.533. The minimum Gasteiger partial charge on any atom is -0.323 e. The van der Waals surface area contributed by atoms with Gasteiger partial charge in [-0.3, -0.25) is 0 Å². The minimum absolute atomic E-state index is 0.0506. The molecule has 5 heteroatoms. The number of imidazole rings is 1. The summed E-state index contributed by atoms with van der Waals surface area (Å²) in [6, 6.07) is 3.43. The summed E-state index contributed by atoms with van der Waals surface area (Å²) in [5.41, 5.74) is 1.60. The summed E-state index contributed by atoms with van der Waals surface area (Å²) in [4.78, 5) is 4.52. The molecule has 1 aromatic heterocycles. The van der Waals surface area contributed by atoms with Crippen LogP contribution in [0, 0.1) is 11.2 Å². The van der Waals surface area contributed by atoms with Gasteiger partial charge < -0.3 is 4.57 Å². The monoisotopic (exact) mass is 360 g/mol.